The number of aliphatic hydroxyl groups is 2. The van der Waals surface area contributed by atoms with Gasteiger partial charge in [0.2, 0.25) is 5.79 Å². The van der Waals surface area contributed by atoms with E-state index in [0.717, 1.165) is 35.1 Å². The van der Waals surface area contributed by atoms with Crippen LogP contribution in [0.3, 0.4) is 0 Å². The quantitative estimate of drug-likeness (QED) is 0.0497. The van der Waals surface area contributed by atoms with E-state index in [1.54, 1.807) is 27.2 Å². The molecule has 1 aliphatic carbocycles. The second-order valence-electron chi connectivity index (χ2n) is 21.9. The van der Waals surface area contributed by atoms with Crippen molar-refractivity contribution in [2.45, 2.75) is 184 Å². The zero-order valence-corrected chi connectivity index (χ0v) is 44.4. The first-order chi connectivity index (χ1) is 35.2. The van der Waals surface area contributed by atoms with Gasteiger partial charge in [-0.3, -0.25) is 4.79 Å². The molecule has 73 heavy (non-hydrogen) atoms. The summed E-state index contributed by atoms with van der Waals surface area (Å²) in [5.74, 6) is -2.15. The number of rotatable bonds is 27. The molecular weight excluding hydrogens is 929 g/mol. The van der Waals surface area contributed by atoms with Crippen LogP contribution < -0.4 is 0 Å². The van der Waals surface area contributed by atoms with Crippen LogP contribution in [0.2, 0.25) is 0 Å². The Kier molecular flexibility index (Phi) is 20.9. The number of carbonyl (C=O) groups is 1. The van der Waals surface area contributed by atoms with E-state index in [1.807, 2.05) is 48.5 Å². The maximum Gasteiger partial charge on any atom is 0.200 e. The largest absolute Gasteiger partial charge is 0.389 e. The highest BCUT2D eigenvalue weighted by Gasteiger charge is 2.63. The van der Waals surface area contributed by atoms with Gasteiger partial charge >= 0.3 is 0 Å². The molecule has 4 fully saturated rings. The van der Waals surface area contributed by atoms with Gasteiger partial charge in [-0.2, -0.15) is 0 Å². The van der Waals surface area contributed by atoms with E-state index in [2.05, 4.69) is 51.8 Å². The summed E-state index contributed by atoms with van der Waals surface area (Å²) < 4.78 is 63.5. The van der Waals surface area contributed by atoms with Crippen molar-refractivity contribution in [3.8, 4) is 0 Å². The molecule has 0 bridgehead atoms. The molecule has 7 rings (SSSR count). The molecule has 0 radical (unpaired) electrons. The number of carbonyl (C=O) groups excluding carboxylic acids is 1. The van der Waals surface area contributed by atoms with Crippen molar-refractivity contribution >= 4 is 5.78 Å². The Hall–Kier alpha value is -3.41. The molecule has 0 saturated carbocycles. The summed E-state index contributed by atoms with van der Waals surface area (Å²) in [6.45, 7) is 20.3. The van der Waals surface area contributed by atoms with Crippen molar-refractivity contribution in [2.24, 2.45) is 23.2 Å². The highest BCUT2D eigenvalue weighted by molar-refractivity contribution is 5.86. The molecule has 4 heterocycles. The summed E-state index contributed by atoms with van der Waals surface area (Å²) >= 11 is 0. The minimum absolute atomic E-state index is 0.00452. The Morgan fingerprint density at radius 1 is 0.863 bits per heavy atom. The van der Waals surface area contributed by atoms with Crippen molar-refractivity contribution in [1.29, 1.82) is 0 Å². The van der Waals surface area contributed by atoms with Gasteiger partial charge in [-0.1, -0.05) is 105 Å². The Bertz CT molecular complexity index is 2100. The van der Waals surface area contributed by atoms with Gasteiger partial charge in [0.15, 0.2) is 12.1 Å². The molecule has 13 heteroatoms. The van der Waals surface area contributed by atoms with Gasteiger partial charge in [-0.15, -0.1) is 13.2 Å². The Labute approximate surface area is 435 Å². The fourth-order valence-electron chi connectivity index (χ4n) is 12.1. The molecule has 2 aromatic rings. The summed E-state index contributed by atoms with van der Waals surface area (Å²) in [6, 6.07) is 20.0. The van der Waals surface area contributed by atoms with Gasteiger partial charge in [0.25, 0.3) is 0 Å². The molecule has 0 amide bonds. The molecule has 2 aromatic carbocycles. The second kappa shape index (κ2) is 26.6. The van der Waals surface area contributed by atoms with Crippen LogP contribution in [-0.4, -0.2) is 111 Å². The fraction of sp³-hybridized carbons (Fsp3) is 0.650. The first kappa shape index (κ1) is 57.3. The monoisotopic (exact) mass is 1010 g/mol. The van der Waals surface area contributed by atoms with E-state index in [0.29, 0.717) is 103 Å². The van der Waals surface area contributed by atoms with Crippen LogP contribution in [0.1, 0.15) is 135 Å². The van der Waals surface area contributed by atoms with E-state index in [1.165, 1.54) is 6.08 Å². The van der Waals surface area contributed by atoms with Gasteiger partial charge in [0.05, 0.1) is 37.6 Å². The number of ether oxygens (including phenoxy) is 10. The minimum Gasteiger partial charge on any atom is -0.389 e. The molecule has 0 aromatic heterocycles. The lowest BCUT2D eigenvalue weighted by Crippen LogP contribution is -2.60. The van der Waals surface area contributed by atoms with Gasteiger partial charge < -0.3 is 57.6 Å². The molecule has 404 valence electrons. The first-order valence-corrected chi connectivity index (χ1v) is 26.9. The number of hydrogen-bond acceptors (Lipinski definition) is 13. The normalized spacial score (nSPS) is 33.7. The van der Waals surface area contributed by atoms with Crippen molar-refractivity contribution in [3.63, 3.8) is 0 Å². The Morgan fingerprint density at radius 2 is 1.62 bits per heavy atom. The third kappa shape index (κ3) is 14.3. The minimum atomic E-state index is -1.23. The number of aliphatic hydroxyl groups excluding tert-OH is 1. The summed E-state index contributed by atoms with van der Waals surface area (Å²) in [7, 11) is 3.20. The number of benzene rings is 2. The van der Waals surface area contributed by atoms with Gasteiger partial charge in [0.1, 0.15) is 37.2 Å². The van der Waals surface area contributed by atoms with Gasteiger partial charge in [-0.25, -0.2) is 0 Å². The van der Waals surface area contributed by atoms with Crippen molar-refractivity contribution in [3.05, 3.63) is 121 Å². The summed E-state index contributed by atoms with van der Waals surface area (Å²) in [6.07, 6.45) is 11.0. The topological polar surface area (TPSA) is 150 Å². The van der Waals surface area contributed by atoms with E-state index in [4.69, 9.17) is 47.4 Å². The first-order valence-electron chi connectivity index (χ1n) is 26.9. The average molecular weight is 1020 g/mol. The standard InChI is InChI=1S/C60H86O13/c1-9-48(61)35-49-24-18-28-59(71-49)31-32-60(73-59)57(6,63)29-27-50(72-60)33-42(3)19-17-25-53(62)58(36-43(4)44(5)37-66-38-45-20-13-11-14-21-45)30-26-46(39-67-40-64-7)34-51(58)54-55(68-41-65-8)52(10-2)69-56(70-54)47-22-15-12-16-23-47/h9-16,20-23,34,43-44,48-52,54-56,61,63H,1-3,17-19,24-33,35-41H2,4-8H3/t43-,44-,48?,49+,50-,51+,52+,54-,55+,56+,57+,58+,59+,60+/m0/s1. The van der Waals surface area contributed by atoms with Gasteiger partial charge in [-0.05, 0) is 94.1 Å². The fourth-order valence-corrected chi connectivity index (χ4v) is 12.1. The average Bonchev–Trinajstić information content (AvgIpc) is 3.74. The molecule has 14 atom stereocenters. The number of ketones is 1. The maximum atomic E-state index is 15.8. The second-order valence-corrected chi connectivity index (χ2v) is 21.9. The van der Waals surface area contributed by atoms with Crippen LogP contribution in [0.4, 0.5) is 0 Å². The molecule has 5 aliphatic rings. The van der Waals surface area contributed by atoms with Crippen LogP contribution >= 0.6 is 0 Å². The van der Waals surface area contributed by atoms with Crippen LogP contribution in [0, 0.1) is 23.2 Å². The summed E-state index contributed by atoms with van der Waals surface area (Å²) in [5.41, 5.74) is 1.94. The maximum absolute atomic E-state index is 15.8. The van der Waals surface area contributed by atoms with E-state index in [9.17, 15) is 10.2 Å². The smallest absolute Gasteiger partial charge is 0.200 e. The zero-order valence-electron chi connectivity index (χ0n) is 44.4. The zero-order chi connectivity index (χ0) is 52.1. The molecule has 2 spiro atoms. The third-order valence-corrected chi connectivity index (χ3v) is 16.4. The van der Waals surface area contributed by atoms with Crippen molar-refractivity contribution in [1.82, 2.24) is 0 Å². The summed E-state index contributed by atoms with van der Waals surface area (Å²) in [4.78, 5) is 15.8. The van der Waals surface area contributed by atoms with Crippen molar-refractivity contribution in [2.75, 3.05) is 41.0 Å². The molecule has 4 saturated heterocycles. The lowest BCUT2D eigenvalue weighted by Gasteiger charge is -2.51. The lowest BCUT2D eigenvalue weighted by molar-refractivity contribution is -0.401. The Morgan fingerprint density at radius 3 is 2.34 bits per heavy atom. The van der Waals surface area contributed by atoms with Gasteiger partial charge in [0, 0.05) is 69.8 Å². The molecule has 4 aliphatic heterocycles. The third-order valence-electron chi connectivity index (χ3n) is 16.4. The molecule has 1 unspecified atom stereocenters. The number of Topliss-reactive ketones (excluding diaryl/α,β-unsaturated/α-hetero) is 1. The van der Waals surface area contributed by atoms with E-state index >= 15 is 4.79 Å². The molecule has 2 N–H and O–H groups in total. The highest BCUT2D eigenvalue weighted by atomic mass is 16.8. The SMILES string of the molecule is C=CC(O)C[C@H]1CCC[C@@]2(CC[C@@]3(O[C@H](CC(=C)CCCC(=O)[C@@]4(C[C@H](C)[C@@H](C)COCc5ccccc5)CCC(COCOC)=C[C@@H]4[C@@H]4O[C@H](c5ccccc5)O[C@H](C=C)[C@H]4OCOC)CC[C@@]3(C)O)O2)O1. The van der Waals surface area contributed by atoms with Crippen molar-refractivity contribution < 1.29 is 62.4 Å². The molecular formula is C60H86O13. The summed E-state index contributed by atoms with van der Waals surface area (Å²) in [5, 5.41) is 22.2. The number of hydrogen-bond donors (Lipinski definition) is 2. The van der Waals surface area contributed by atoms with Crippen LogP contribution in [0.25, 0.3) is 0 Å². The van der Waals surface area contributed by atoms with Crippen LogP contribution in [-0.2, 0) is 58.8 Å². The lowest BCUT2D eigenvalue weighted by atomic mass is 9.57. The Balaban J connectivity index is 1.12. The highest BCUT2D eigenvalue weighted by Crippen LogP contribution is 2.55. The van der Waals surface area contributed by atoms with Crippen LogP contribution in [0.15, 0.2) is 110 Å². The van der Waals surface area contributed by atoms with E-state index < -0.39 is 59.2 Å². The number of methoxy groups -OCH3 is 2. The molecule has 13 nitrogen and oxygen atoms in total. The predicted molar refractivity (Wildman–Crippen MR) is 279 cm³/mol. The van der Waals surface area contributed by atoms with E-state index in [-0.39, 0.29) is 43.4 Å². The predicted octanol–water partition coefficient (Wildman–Crippen LogP) is 10.8. The van der Waals surface area contributed by atoms with Crippen LogP contribution in [0.5, 0.6) is 0 Å².